The van der Waals surface area contributed by atoms with Gasteiger partial charge in [-0.25, -0.2) is 4.79 Å². The van der Waals surface area contributed by atoms with Crippen LogP contribution in [0.2, 0.25) is 0 Å². The van der Waals surface area contributed by atoms with E-state index < -0.39 is 5.97 Å². The molecule has 0 N–H and O–H groups in total. The normalized spacial score (nSPS) is 10.3. The van der Waals surface area contributed by atoms with Crippen LogP contribution in [0.15, 0.2) is 54.7 Å². The highest BCUT2D eigenvalue weighted by molar-refractivity contribution is 5.94. The Kier molecular flexibility index (Phi) is 4.10. The SMILES string of the molecule is COc1ccc(C(=O)Oc2cccc3cccnc23)cc1OC. The van der Waals surface area contributed by atoms with Crippen molar-refractivity contribution in [2.75, 3.05) is 14.2 Å². The lowest BCUT2D eigenvalue weighted by atomic mass is 10.2. The summed E-state index contributed by atoms with van der Waals surface area (Å²) in [7, 11) is 3.05. The molecule has 1 heterocycles. The maximum Gasteiger partial charge on any atom is 0.343 e. The molecule has 23 heavy (non-hydrogen) atoms. The maximum absolute atomic E-state index is 12.4. The second kappa shape index (κ2) is 6.36. The molecular formula is C18H15NO4. The number of hydrogen-bond acceptors (Lipinski definition) is 5. The van der Waals surface area contributed by atoms with Crippen LogP contribution in [0.5, 0.6) is 17.2 Å². The molecule has 0 saturated carbocycles. The summed E-state index contributed by atoms with van der Waals surface area (Å²) in [6, 6.07) is 14.1. The third-order valence-electron chi connectivity index (χ3n) is 3.42. The van der Waals surface area contributed by atoms with Crippen molar-refractivity contribution < 1.29 is 19.0 Å². The van der Waals surface area contributed by atoms with Gasteiger partial charge in [-0.2, -0.15) is 0 Å². The smallest absolute Gasteiger partial charge is 0.343 e. The van der Waals surface area contributed by atoms with E-state index >= 15 is 0 Å². The van der Waals surface area contributed by atoms with Crippen LogP contribution in [0.1, 0.15) is 10.4 Å². The monoisotopic (exact) mass is 309 g/mol. The van der Waals surface area contributed by atoms with E-state index in [2.05, 4.69) is 4.98 Å². The summed E-state index contributed by atoms with van der Waals surface area (Å²) < 4.78 is 15.9. The zero-order valence-corrected chi connectivity index (χ0v) is 12.8. The van der Waals surface area contributed by atoms with Crippen LogP contribution in [-0.2, 0) is 0 Å². The standard InChI is InChI=1S/C18H15NO4/c1-21-14-9-8-13(11-16(14)22-2)18(20)23-15-7-3-5-12-6-4-10-19-17(12)15/h3-11H,1-2H3. The van der Waals surface area contributed by atoms with Crippen molar-refractivity contribution in [1.82, 2.24) is 4.98 Å². The molecule has 0 atom stereocenters. The molecule has 0 amide bonds. The Bertz CT molecular complexity index is 855. The number of methoxy groups -OCH3 is 2. The molecule has 0 bridgehead atoms. The number of carbonyl (C=O) groups is 1. The number of hydrogen-bond donors (Lipinski definition) is 0. The molecule has 5 nitrogen and oxygen atoms in total. The van der Waals surface area contributed by atoms with Crippen molar-refractivity contribution in [3.63, 3.8) is 0 Å². The number of pyridine rings is 1. The van der Waals surface area contributed by atoms with Crippen molar-refractivity contribution >= 4 is 16.9 Å². The van der Waals surface area contributed by atoms with E-state index in [0.29, 0.717) is 28.3 Å². The molecule has 0 saturated heterocycles. The Morgan fingerprint density at radius 2 is 1.70 bits per heavy atom. The van der Waals surface area contributed by atoms with Gasteiger partial charge in [0.15, 0.2) is 17.2 Å². The summed E-state index contributed by atoms with van der Waals surface area (Å²) in [6.07, 6.45) is 1.66. The van der Waals surface area contributed by atoms with E-state index in [0.717, 1.165) is 5.39 Å². The fourth-order valence-electron chi connectivity index (χ4n) is 2.28. The molecule has 3 aromatic rings. The van der Waals surface area contributed by atoms with Gasteiger partial charge in [0.25, 0.3) is 0 Å². The summed E-state index contributed by atoms with van der Waals surface area (Å²) >= 11 is 0. The molecule has 0 aliphatic heterocycles. The van der Waals surface area contributed by atoms with Gasteiger partial charge in [-0.3, -0.25) is 4.98 Å². The van der Waals surface area contributed by atoms with Gasteiger partial charge < -0.3 is 14.2 Å². The number of carbonyl (C=O) groups excluding carboxylic acids is 1. The number of ether oxygens (including phenoxy) is 3. The van der Waals surface area contributed by atoms with E-state index in [1.165, 1.54) is 14.2 Å². The van der Waals surface area contributed by atoms with Crippen LogP contribution < -0.4 is 14.2 Å². The third kappa shape index (κ3) is 2.94. The van der Waals surface area contributed by atoms with E-state index in [1.807, 2.05) is 24.3 Å². The number of para-hydroxylation sites is 1. The minimum atomic E-state index is -0.482. The van der Waals surface area contributed by atoms with Gasteiger partial charge in [-0.15, -0.1) is 0 Å². The molecule has 0 unspecified atom stereocenters. The summed E-state index contributed by atoms with van der Waals surface area (Å²) in [5.41, 5.74) is 1.01. The summed E-state index contributed by atoms with van der Waals surface area (Å²) in [4.78, 5) is 16.6. The highest BCUT2D eigenvalue weighted by atomic mass is 16.5. The lowest BCUT2D eigenvalue weighted by Gasteiger charge is -2.10. The highest BCUT2D eigenvalue weighted by Gasteiger charge is 2.14. The van der Waals surface area contributed by atoms with Crippen molar-refractivity contribution in [1.29, 1.82) is 0 Å². The number of benzene rings is 2. The lowest BCUT2D eigenvalue weighted by molar-refractivity contribution is 0.0736. The highest BCUT2D eigenvalue weighted by Crippen LogP contribution is 2.29. The zero-order valence-electron chi connectivity index (χ0n) is 12.8. The first-order valence-electron chi connectivity index (χ1n) is 7.01. The third-order valence-corrected chi connectivity index (χ3v) is 3.42. The summed E-state index contributed by atoms with van der Waals surface area (Å²) in [5, 5.41) is 0.908. The quantitative estimate of drug-likeness (QED) is 0.545. The van der Waals surface area contributed by atoms with E-state index in [1.54, 1.807) is 30.5 Å². The molecule has 1 aromatic heterocycles. The molecule has 5 heteroatoms. The van der Waals surface area contributed by atoms with Crippen molar-refractivity contribution in [3.8, 4) is 17.2 Å². The molecule has 116 valence electrons. The largest absolute Gasteiger partial charge is 0.493 e. The Labute approximate surface area is 133 Å². The molecule has 0 aliphatic rings. The van der Waals surface area contributed by atoms with Gasteiger partial charge in [0.2, 0.25) is 0 Å². The zero-order chi connectivity index (χ0) is 16.2. The van der Waals surface area contributed by atoms with Crippen LogP contribution in [0.25, 0.3) is 10.9 Å². The van der Waals surface area contributed by atoms with Crippen molar-refractivity contribution in [2.24, 2.45) is 0 Å². The summed E-state index contributed by atoms with van der Waals surface area (Å²) in [5.74, 6) is 0.959. The van der Waals surface area contributed by atoms with Crippen molar-refractivity contribution in [3.05, 3.63) is 60.3 Å². The molecule has 3 rings (SSSR count). The number of fused-ring (bicyclic) bond motifs is 1. The van der Waals surface area contributed by atoms with E-state index in [9.17, 15) is 4.79 Å². The predicted octanol–water partition coefficient (Wildman–Crippen LogP) is 3.47. The molecule has 0 spiro atoms. The van der Waals surface area contributed by atoms with Crippen LogP contribution in [-0.4, -0.2) is 25.2 Å². The van der Waals surface area contributed by atoms with E-state index in [-0.39, 0.29) is 0 Å². The van der Waals surface area contributed by atoms with Gasteiger partial charge in [-0.05, 0) is 30.3 Å². The van der Waals surface area contributed by atoms with Gasteiger partial charge in [0.05, 0.1) is 19.8 Å². The molecule has 2 aromatic carbocycles. The Hall–Kier alpha value is -3.08. The van der Waals surface area contributed by atoms with E-state index in [4.69, 9.17) is 14.2 Å². The second-order valence-electron chi connectivity index (χ2n) is 4.79. The molecule has 0 radical (unpaired) electrons. The fourth-order valence-corrected chi connectivity index (χ4v) is 2.28. The Balaban J connectivity index is 1.92. The van der Waals surface area contributed by atoms with Crippen LogP contribution in [0, 0.1) is 0 Å². The van der Waals surface area contributed by atoms with Crippen LogP contribution in [0.3, 0.4) is 0 Å². The number of aromatic nitrogens is 1. The first-order chi connectivity index (χ1) is 11.2. The Morgan fingerprint density at radius 3 is 2.48 bits per heavy atom. The second-order valence-corrected chi connectivity index (χ2v) is 4.79. The first-order valence-corrected chi connectivity index (χ1v) is 7.01. The minimum Gasteiger partial charge on any atom is -0.493 e. The minimum absolute atomic E-state index is 0.371. The Morgan fingerprint density at radius 1 is 0.913 bits per heavy atom. The number of nitrogens with zero attached hydrogens (tertiary/aromatic N) is 1. The molecular weight excluding hydrogens is 294 g/mol. The van der Waals surface area contributed by atoms with Crippen molar-refractivity contribution in [2.45, 2.75) is 0 Å². The van der Waals surface area contributed by atoms with Gasteiger partial charge in [0.1, 0.15) is 5.52 Å². The first kappa shape index (κ1) is 14.8. The number of esters is 1. The average Bonchev–Trinajstić information content (AvgIpc) is 2.61. The number of rotatable bonds is 4. The topological polar surface area (TPSA) is 57.7 Å². The molecule has 0 aliphatic carbocycles. The average molecular weight is 309 g/mol. The predicted molar refractivity (Wildman–Crippen MR) is 86.2 cm³/mol. The van der Waals surface area contributed by atoms with Crippen LogP contribution in [0.4, 0.5) is 0 Å². The fraction of sp³-hybridized carbons (Fsp3) is 0.111. The van der Waals surface area contributed by atoms with Gasteiger partial charge >= 0.3 is 5.97 Å². The van der Waals surface area contributed by atoms with Crippen LogP contribution >= 0.6 is 0 Å². The van der Waals surface area contributed by atoms with Gasteiger partial charge in [0, 0.05) is 11.6 Å². The maximum atomic E-state index is 12.4. The lowest BCUT2D eigenvalue weighted by Crippen LogP contribution is -2.09. The molecule has 0 fully saturated rings. The van der Waals surface area contributed by atoms with Gasteiger partial charge in [-0.1, -0.05) is 18.2 Å². The summed E-state index contributed by atoms with van der Waals surface area (Å²) in [6.45, 7) is 0.